The number of carbonyl (C=O) groups excluding carboxylic acids is 1. The molecule has 0 bridgehead atoms. The highest BCUT2D eigenvalue weighted by atomic mass is 16.3. The van der Waals surface area contributed by atoms with Crippen LogP contribution in [0.5, 0.6) is 0 Å². The summed E-state index contributed by atoms with van der Waals surface area (Å²) in [7, 11) is 0. The molecule has 0 aliphatic rings. The Hall–Kier alpha value is -2.98. The Kier molecular flexibility index (Phi) is 5.44. The molecule has 0 radical (unpaired) electrons. The highest BCUT2D eigenvalue weighted by Crippen LogP contribution is 2.24. The van der Waals surface area contributed by atoms with Gasteiger partial charge >= 0.3 is 0 Å². The third-order valence-electron chi connectivity index (χ3n) is 4.44. The number of aliphatic hydroxyl groups excluding tert-OH is 1. The summed E-state index contributed by atoms with van der Waals surface area (Å²) in [5.41, 5.74) is 5.14. The number of aromatic nitrogens is 1. The van der Waals surface area contributed by atoms with Gasteiger partial charge in [0.15, 0.2) is 0 Å². The summed E-state index contributed by atoms with van der Waals surface area (Å²) in [5.74, 6) is -0.202. The van der Waals surface area contributed by atoms with Crippen molar-refractivity contribution in [2.45, 2.75) is 20.0 Å². The van der Waals surface area contributed by atoms with Gasteiger partial charge in [-0.1, -0.05) is 48.0 Å². The first-order chi connectivity index (χ1) is 12.6. The monoisotopic (exact) mass is 346 g/mol. The van der Waals surface area contributed by atoms with Gasteiger partial charge in [0.25, 0.3) is 5.91 Å². The van der Waals surface area contributed by atoms with Gasteiger partial charge in [-0.15, -0.1) is 0 Å². The van der Waals surface area contributed by atoms with E-state index < -0.39 is 6.10 Å². The maximum absolute atomic E-state index is 12.6. The molecule has 4 nitrogen and oxygen atoms in total. The van der Waals surface area contributed by atoms with Crippen LogP contribution in [0.1, 0.15) is 33.2 Å². The van der Waals surface area contributed by atoms with Crippen LogP contribution in [0.15, 0.2) is 66.9 Å². The summed E-state index contributed by atoms with van der Waals surface area (Å²) < 4.78 is 0. The fourth-order valence-electron chi connectivity index (χ4n) is 2.87. The number of pyridine rings is 1. The second-order valence-electron chi connectivity index (χ2n) is 6.33. The molecule has 26 heavy (non-hydrogen) atoms. The van der Waals surface area contributed by atoms with Crippen molar-refractivity contribution in [3.8, 4) is 11.3 Å². The lowest BCUT2D eigenvalue weighted by molar-refractivity contribution is 0.0915. The Labute approximate surface area is 153 Å². The van der Waals surface area contributed by atoms with Crippen LogP contribution in [0.2, 0.25) is 0 Å². The molecule has 0 aliphatic heterocycles. The van der Waals surface area contributed by atoms with Crippen LogP contribution in [-0.4, -0.2) is 22.5 Å². The number of carbonyl (C=O) groups is 1. The van der Waals surface area contributed by atoms with Gasteiger partial charge in [0, 0.05) is 23.9 Å². The Morgan fingerprint density at radius 3 is 2.50 bits per heavy atom. The first kappa shape index (κ1) is 17.8. The number of hydrogen-bond donors (Lipinski definition) is 2. The van der Waals surface area contributed by atoms with E-state index in [1.807, 2.05) is 68.4 Å². The fraction of sp³-hybridized carbons (Fsp3) is 0.182. The van der Waals surface area contributed by atoms with Crippen LogP contribution in [0.25, 0.3) is 11.3 Å². The van der Waals surface area contributed by atoms with E-state index >= 15 is 0 Å². The second-order valence-corrected chi connectivity index (χ2v) is 6.33. The Morgan fingerprint density at radius 2 is 1.81 bits per heavy atom. The molecule has 0 saturated carbocycles. The molecule has 3 rings (SSSR count). The smallest absolute Gasteiger partial charge is 0.251 e. The highest BCUT2D eigenvalue weighted by molar-refractivity contribution is 5.97. The van der Waals surface area contributed by atoms with Crippen molar-refractivity contribution in [1.82, 2.24) is 10.3 Å². The predicted molar refractivity (Wildman–Crippen MR) is 103 cm³/mol. The van der Waals surface area contributed by atoms with Gasteiger partial charge in [-0.25, -0.2) is 0 Å². The number of nitrogens with zero attached hydrogens (tertiary/aromatic N) is 1. The third kappa shape index (κ3) is 3.98. The van der Waals surface area contributed by atoms with E-state index in [4.69, 9.17) is 0 Å². The average Bonchev–Trinajstić information content (AvgIpc) is 2.67. The molecule has 1 aromatic heterocycles. The lowest BCUT2D eigenvalue weighted by Gasteiger charge is -2.14. The molecule has 4 heteroatoms. The zero-order valence-electron chi connectivity index (χ0n) is 14.9. The van der Waals surface area contributed by atoms with Crippen LogP contribution in [0.4, 0.5) is 0 Å². The first-order valence-electron chi connectivity index (χ1n) is 8.60. The summed E-state index contributed by atoms with van der Waals surface area (Å²) in [4.78, 5) is 17.0. The standard InChI is InChI=1S/C22H22N2O2/c1-15-9-11-17(12-10-15)21(25)14-24-22(26)19-7-5-6-18(16(19)2)20-8-3-4-13-23-20/h3-13,21,25H,14H2,1-2H3,(H,24,26). The Balaban J connectivity index is 1.73. The summed E-state index contributed by atoms with van der Waals surface area (Å²) in [6.07, 6.45) is 0.998. The van der Waals surface area contributed by atoms with Crippen molar-refractivity contribution in [1.29, 1.82) is 0 Å². The van der Waals surface area contributed by atoms with E-state index in [0.29, 0.717) is 5.56 Å². The average molecular weight is 346 g/mol. The van der Waals surface area contributed by atoms with Gasteiger partial charge in [-0.2, -0.15) is 0 Å². The molecule has 0 spiro atoms. The molecule has 3 aromatic rings. The number of aliphatic hydroxyl groups is 1. The Morgan fingerprint density at radius 1 is 1.04 bits per heavy atom. The minimum Gasteiger partial charge on any atom is -0.387 e. The van der Waals surface area contributed by atoms with Gasteiger partial charge in [0.1, 0.15) is 0 Å². The van der Waals surface area contributed by atoms with Crippen LogP contribution in [0, 0.1) is 13.8 Å². The number of rotatable bonds is 5. The molecule has 1 unspecified atom stereocenters. The van der Waals surface area contributed by atoms with Crippen LogP contribution in [0.3, 0.4) is 0 Å². The molecular weight excluding hydrogens is 324 g/mol. The first-order valence-corrected chi connectivity index (χ1v) is 8.60. The van der Waals surface area contributed by atoms with Gasteiger partial charge in [-0.05, 0) is 43.2 Å². The fourth-order valence-corrected chi connectivity index (χ4v) is 2.87. The van der Waals surface area contributed by atoms with E-state index in [1.54, 1.807) is 12.3 Å². The van der Waals surface area contributed by atoms with Gasteiger partial charge in [0.05, 0.1) is 11.8 Å². The highest BCUT2D eigenvalue weighted by Gasteiger charge is 2.15. The Bertz CT molecular complexity index is 890. The lowest BCUT2D eigenvalue weighted by atomic mass is 9.99. The molecule has 1 heterocycles. The van der Waals surface area contributed by atoms with Crippen molar-refractivity contribution in [3.05, 3.63) is 89.1 Å². The van der Waals surface area contributed by atoms with E-state index in [1.165, 1.54) is 0 Å². The summed E-state index contributed by atoms with van der Waals surface area (Å²) in [5, 5.41) is 13.1. The molecule has 2 aromatic carbocycles. The molecule has 132 valence electrons. The molecule has 1 atom stereocenters. The van der Waals surface area contributed by atoms with Gasteiger partial charge in [-0.3, -0.25) is 9.78 Å². The van der Waals surface area contributed by atoms with E-state index in [9.17, 15) is 9.90 Å². The van der Waals surface area contributed by atoms with E-state index in [-0.39, 0.29) is 12.5 Å². The van der Waals surface area contributed by atoms with Crippen molar-refractivity contribution in [2.24, 2.45) is 0 Å². The molecule has 0 saturated heterocycles. The van der Waals surface area contributed by atoms with E-state index in [0.717, 1.165) is 27.9 Å². The van der Waals surface area contributed by atoms with Crippen LogP contribution >= 0.6 is 0 Å². The number of nitrogens with one attached hydrogen (secondary N) is 1. The van der Waals surface area contributed by atoms with Crippen molar-refractivity contribution < 1.29 is 9.90 Å². The van der Waals surface area contributed by atoms with Crippen molar-refractivity contribution >= 4 is 5.91 Å². The topological polar surface area (TPSA) is 62.2 Å². The summed E-state index contributed by atoms with van der Waals surface area (Å²) in [6.45, 7) is 4.07. The minimum absolute atomic E-state index is 0.162. The molecule has 2 N–H and O–H groups in total. The molecule has 0 fully saturated rings. The summed E-state index contributed by atoms with van der Waals surface area (Å²) >= 11 is 0. The van der Waals surface area contributed by atoms with Crippen molar-refractivity contribution in [2.75, 3.05) is 6.54 Å². The second kappa shape index (κ2) is 7.93. The SMILES string of the molecule is Cc1ccc(C(O)CNC(=O)c2cccc(-c3ccccn3)c2C)cc1. The van der Waals surface area contributed by atoms with Crippen LogP contribution in [-0.2, 0) is 0 Å². The largest absolute Gasteiger partial charge is 0.387 e. The quantitative estimate of drug-likeness (QED) is 0.738. The minimum atomic E-state index is -0.737. The predicted octanol–water partition coefficient (Wildman–Crippen LogP) is 3.83. The molecular formula is C22H22N2O2. The maximum atomic E-state index is 12.6. The number of aryl methyl sites for hydroxylation is 1. The summed E-state index contributed by atoms with van der Waals surface area (Å²) in [6, 6.07) is 18.9. The number of amides is 1. The van der Waals surface area contributed by atoms with Crippen LogP contribution < -0.4 is 5.32 Å². The molecule has 0 aliphatic carbocycles. The zero-order valence-corrected chi connectivity index (χ0v) is 14.9. The lowest BCUT2D eigenvalue weighted by Crippen LogP contribution is -2.29. The third-order valence-corrected chi connectivity index (χ3v) is 4.44. The zero-order chi connectivity index (χ0) is 18.5. The van der Waals surface area contributed by atoms with Crippen molar-refractivity contribution in [3.63, 3.8) is 0 Å². The van der Waals surface area contributed by atoms with Gasteiger partial charge in [0.2, 0.25) is 0 Å². The number of benzene rings is 2. The maximum Gasteiger partial charge on any atom is 0.251 e. The van der Waals surface area contributed by atoms with E-state index in [2.05, 4.69) is 10.3 Å². The molecule has 1 amide bonds. The number of hydrogen-bond acceptors (Lipinski definition) is 3. The normalized spacial score (nSPS) is 11.8. The van der Waals surface area contributed by atoms with Gasteiger partial charge < -0.3 is 10.4 Å².